The number of hydrogen-bond acceptors (Lipinski definition) is 4. The molecule has 2 aliphatic carbocycles. The third-order valence-corrected chi connectivity index (χ3v) is 10.6. The van der Waals surface area contributed by atoms with E-state index in [1.54, 1.807) is 0 Å². The van der Waals surface area contributed by atoms with Crippen molar-refractivity contribution in [1.82, 2.24) is 19.9 Å². The van der Waals surface area contributed by atoms with Crippen molar-refractivity contribution >= 4 is 11.6 Å². The van der Waals surface area contributed by atoms with Crippen molar-refractivity contribution in [2.24, 2.45) is 5.92 Å². The van der Waals surface area contributed by atoms with Gasteiger partial charge >= 0.3 is 0 Å². The molecule has 2 aromatic heterocycles. The summed E-state index contributed by atoms with van der Waals surface area (Å²) in [5, 5.41) is 0. The fourth-order valence-corrected chi connectivity index (χ4v) is 7.65. The number of allylic oxidation sites excluding steroid dienone is 14. The zero-order chi connectivity index (χ0) is 39.7. The van der Waals surface area contributed by atoms with Gasteiger partial charge in [-0.25, -0.2) is 15.0 Å². The van der Waals surface area contributed by atoms with Crippen LogP contribution in [-0.4, -0.2) is 19.9 Å². The molecule has 2 aliphatic rings. The third-order valence-electron chi connectivity index (χ3n) is 10.6. The molecule has 282 valence electrons. The Morgan fingerprint density at radius 2 is 1.41 bits per heavy atom. The van der Waals surface area contributed by atoms with Crippen molar-refractivity contribution in [3.05, 3.63) is 229 Å². The summed E-state index contributed by atoms with van der Waals surface area (Å²) < 4.78 is 0. The minimum atomic E-state index is 0.231. The summed E-state index contributed by atoms with van der Waals surface area (Å²) in [6.07, 6.45) is 30.8. The molecule has 0 spiro atoms. The molecular formula is C54H46N4. The first-order valence-corrected chi connectivity index (χ1v) is 20.1. The second-order valence-corrected chi connectivity index (χ2v) is 14.5. The number of fused-ring (bicyclic) bond motifs is 2. The molecule has 4 nitrogen and oxygen atoms in total. The predicted octanol–water partition coefficient (Wildman–Crippen LogP) is 13.4. The Bertz CT molecular complexity index is 2640. The summed E-state index contributed by atoms with van der Waals surface area (Å²) in [7, 11) is 0. The summed E-state index contributed by atoms with van der Waals surface area (Å²) in [5.41, 5.74) is 13.3. The zero-order valence-electron chi connectivity index (χ0n) is 33.0. The van der Waals surface area contributed by atoms with Gasteiger partial charge in [0.1, 0.15) is 5.82 Å². The average molecular weight is 751 g/mol. The molecule has 1 unspecified atom stereocenters. The van der Waals surface area contributed by atoms with Gasteiger partial charge in [0.05, 0.1) is 5.69 Å². The lowest BCUT2D eigenvalue weighted by Crippen LogP contribution is -2.19. The minimum absolute atomic E-state index is 0.231. The Morgan fingerprint density at radius 3 is 2.17 bits per heavy atom. The molecule has 2 atom stereocenters. The lowest BCUT2D eigenvalue weighted by molar-refractivity contribution is 0.652. The topological polar surface area (TPSA) is 51.6 Å². The van der Waals surface area contributed by atoms with Gasteiger partial charge in [0.2, 0.25) is 0 Å². The molecule has 2 heterocycles. The first-order valence-electron chi connectivity index (χ1n) is 20.1. The Kier molecular flexibility index (Phi) is 11.6. The van der Waals surface area contributed by atoms with E-state index in [0.717, 1.165) is 51.1 Å². The summed E-state index contributed by atoms with van der Waals surface area (Å²) in [6.45, 7) is 8.44. The maximum absolute atomic E-state index is 5.06. The van der Waals surface area contributed by atoms with Gasteiger partial charge in [-0.3, -0.25) is 4.98 Å². The highest BCUT2D eigenvalue weighted by molar-refractivity contribution is 5.81. The molecule has 0 bridgehead atoms. The summed E-state index contributed by atoms with van der Waals surface area (Å²) in [5.74, 6) is 2.38. The van der Waals surface area contributed by atoms with Gasteiger partial charge in [0.15, 0.2) is 11.6 Å². The third kappa shape index (κ3) is 8.52. The van der Waals surface area contributed by atoms with Crippen molar-refractivity contribution in [3.63, 3.8) is 0 Å². The van der Waals surface area contributed by atoms with Gasteiger partial charge in [-0.15, -0.1) is 0 Å². The molecule has 0 N–H and O–H groups in total. The SMILES string of the molecule is C=C(/C=C\C=C/C)c1nc(C/C=C\C=C/CC)nc(-c2cc(-c3ccc(-c4ccccn4)cc3)cc(-c3ccc([C@H]4c5ccccc5C=C5C=CC=CC54)cc3)c2)n1. The van der Waals surface area contributed by atoms with E-state index in [0.29, 0.717) is 29.8 Å². The lowest BCUT2D eigenvalue weighted by atomic mass is 9.70. The number of nitrogens with zero attached hydrogens (tertiary/aromatic N) is 4. The van der Waals surface area contributed by atoms with E-state index >= 15 is 0 Å². The Morgan fingerprint density at radius 1 is 0.690 bits per heavy atom. The van der Waals surface area contributed by atoms with Crippen LogP contribution in [0.15, 0.2) is 200 Å². The smallest absolute Gasteiger partial charge is 0.163 e. The standard InChI is InChI=1S/C54H46N4/c1-4-6-8-9-11-24-51-56-53(38(3)18-10-7-5-2)58-54(57-51)47-36-45(39-25-29-41(30-26-39)50-23-16-17-33-55-50)35-46(37-47)40-27-31-42(32-28-40)52-48-21-14-12-19-43(48)34-44-20-13-15-22-49(44)52/h5-23,25-37,48,52H,3-4,24H2,1-2H3/b7-5-,8-6-,11-9-,18-10-/t48?,52-/m1/s1. The van der Waals surface area contributed by atoms with Crippen LogP contribution in [0, 0.1) is 5.92 Å². The van der Waals surface area contributed by atoms with Crippen molar-refractivity contribution < 1.29 is 0 Å². The molecule has 0 amide bonds. The Hall–Kier alpha value is -7.04. The Balaban J connectivity index is 1.22. The number of hydrogen-bond donors (Lipinski definition) is 0. The normalized spacial score (nSPS) is 16.0. The highest BCUT2D eigenvalue weighted by Gasteiger charge is 2.31. The molecule has 0 fully saturated rings. The Labute approximate surface area is 342 Å². The van der Waals surface area contributed by atoms with Crippen LogP contribution in [0.25, 0.3) is 56.5 Å². The molecule has 0 saturated carbocycles. The van der Waals surface area contributed by atoms with E-state index in [-0.39, 0.29) is 5.92 Å². The molecule has 0 radical (unpaired) electrons. The number of benzene rings is 4. The van der Waals surface area contributed by atoms with Gasteiger partial charge < -0.3 is 0 Å². The largest absolute Gasteiger partial charge is 0.256 e. The fraction of sp³-hybridized carbons (Fsp3) is 0.111. The number of aromatic nitrogens is 4. The fourth-order valence-electron chi connectivity index (χ4n) is 7.65. The van der Waals surface area contributed by atoms with Crippen molar-refractivity contribution in [2.75, 3.05) is 0 Å². The molecule has 4 aromatic carbocycles. The van der Waals surface area contributed by atoms with Crippen molar-refractivity contribution in [3.8, 4) is 44.9 Å². The van der Waals surface area contributed by atoms with E-state index in [1.165, 1.54) is 22.3 Å². The quantitative estimate of drug-likeness (QED) is 0.117. The maximum atomic E-state index is 5.06. The summed E-state index contributed by atoms with van der Waals surface area (Å²) in [6, 6.07) is 39.2. The number of rotatable bonds is 12. The van der Waals surface area contributed by atoms with E-state index in [2.05, 4.69) is 164 Å². The van der Waals surface area contributed by atoms with Gasteiger partial charge in [0.25, 0.3) is 0 Å². The first-order chi connectivity index (χ1) is 28.6. The van der Waals surface area contributed by atoms with Crippen LogP contribution in [0.1, 0.15) is 54.5 Å². The number of pyridine rings is 1. The second-order valence-electron chi connectivity index (χ2n) is 14.5. The predicted molar refractivity (Wildman–Crippen MR) is 243 cm³/mol. The van der Waals surface area contributed by atoms with Crippen LogP contribution in [0.2, 0.25) is 0 Å². The van der Waals surface area contributed by atoms with Gasteiger partial charge in [0, 0.05) is 41.2 Å². The van der Waals surface area contributed by atoms with Gasteiger partial charge in [-0.1, -0.05) is 171 Å². The van der Waals surface area contributed by atoms with E-state index in [9.17, 15) is 0 Å². The molecule has 0 saturated heterocycles. The zero-order valence-corrected chi connectivity index (χ0v) is 33.0. The van der Waals surface area contributed by atoms with Crippen LogP contribution in [-0.2, 0) is 6.42 Å². The van der Waals surface area contributed by atoms with Crippen molar-refractivity contribution in [2.45, 2.75) is 32.6 Å². The molecule has 6 aromatic rings. The second kappa shape index (κ2) is 17.8. The van der Waals surface area contributed by atoms with E-state index in [4.69, 9.17) is 15.0 Å². The monoisotopic (exact) mass is 750 g/mol. The molecule has 4 heteroatoms. The first kappa shape index (κ1) is 37.9. The summed E-state index contributed by atoms with van der Waals surface area (Å²) in [4.78, 5) is 19.5. The van der Waals surface area contributed by atoms with Crippen LogP contribution in [0.3, 0.4) is 0 Å². The average Bonchev–Trinajstić information content (AvgIpc) is 3.28. The highest BCUT2D eigenvalue weighted by atomic mass is 15.0. The van der Waals surface area contributed by atoms with E-state index < -0.39 is 0 Å². The van der Waals surface area contributed by atoms with E-state index in [1.807, 2.05) is 55.6 Å². The van der Waals surface area contributed by atoms with Crippen LogP contribution < -0.4 is 0 Å². The van der Waals surface area contributed by atoms with Crippen LogP contribution in [0.4, 0.5) is 0 Å². The minimum Gasteiger partial charge on any atom is -0.256 e. The molecular weight excluding hydrogens is 705 g/mol. The summed E-state index contributed by atoms with van der Waals surface area (Å²) >= 11 is 0. The molecule has 0 aliphatic heterocycles. The van der Waals surface area contributed by atoms with Gasteiger partial charge in [-0.2, -0.15) is 0 Å². The van der Waals surface area contributed by atoms with Crippen molar-refractivity contribution in [1.29, 1.82) is 0 Å². The molecule has 8 rings (SSSR count). The van der Waals surface area contributed by atoms with Crippen LogP contribution >= 0.6 is 0 Å². The van der Waals surface area contributed by atoms with Gasteiger partial charge in [-0.05, 0) is 88.2 Å². The maximum Gasteiger partial charge on any atom is 0.163 e. The lowest BCUT2D eigenvalue weighted by Gasteiger charge is -2.33. The highest BCUT2D eigenvalue weighted by Crippen LogP contribution is 2.45. The van der Waals surface area contributed by atoms with Crippen LogP contribution in [0.5, 0.6) is 0 Å². The molecule has 58 heavy (non-hydrogen) atoms.